The molecule has 0 saturated heterocycles. The SMILES string of the molecule is CCOc1cc(C(=O)Nc2ccccc2SC(=O)N(C)C)c([N+](=O)[O-])cc1OC. The van der Waals surface area contributed by atoms with E-state index in [0.29, 0.717) is 17.2 Å². The molecule has 1 N–H and O–H groups in total. The molecule has 29 heavy (non-hydrogen) atoms. The summed E-state index contributed by atoms with van der Waals surface area (Å²) in [6.45, 7) is 2.04. The first-order chi connectivity index (χ1) is 13.8. The van der Waals surface area contributed by atoms with E-state index in [1.165, 1.54) is 18.1 Å². The Hall–Kier alpha value is -3.27. The van der Waals surface area contributed by atoms with Crippen LogP contribution in [0.3, 0.4) is 0 Å². The molecule has 0 aliphatic rings. The van der Waals surface area contributed by atoms with E-state index in [2.05, 4.69) is 5.32 Å². The molecule has 2 aromatic rings. The van der Waals surface area contributed by atoms with Gasteiger partial charge in [0.2, 0.25) is 0 Å². The Bertz CT molecular complexity index is 932. The summed E-state index contributed by atoms with van der Waals surface area (Å²) >= 11 is 0.937. The summed E-state index contributed by atoms with van der Waals surface area (Å²) in [5.74, 6) is -0.329. The molecule has 0 saturated carbocycles. The Labute approximate surface area is 172 Å². The summed E-state index contributed by atoms with van der Waals surface area (Å²) in [4.78, 5) is 37.6. The molecule has 0 heterocycles. The number of hydrogen-bond acceptors (Lipinski definition) is 7. The molecular weight excluding hydrogens is 398 g/mol. The number of thioether (sulfide) groups is 1. The van der Waals surface area contributed by atoms with Crippen molar-refractivity contribution >= 4 is 34.3 Å². The van der Waals surface area contributed by atoms with Gasteiger partial charge in [0, 0.05) is 25.1 Å². The summed E-state index contributed by atoms with van der Waals surface area (Å²) in [6, 6.07) is 9.13. The third-order valence-electron chi connectivity index (χ3n) is 3.72. The second-order valence-electron chi connectivity index (χ2n) is 5.92. The first-order valence-electron chi connectivity index (χ1n) is 8.57. The van der Waals surface area contributed by atoms with E-state index in [-0.39, 0.29) is 22.3 Å². The summed E-state index contributed by atoms with van der Waals surface area (Å²) in [7, 11) is 4.59. The maximum Gasteiger partial charge on any atom is 0.286 e. The van der Waals surface area contributed by atoms with E-state index in [1.54, 1.807) is 45.3 Å². The molecule has 154 valence electrons. The minimum absolute atomic E-state index is 0.155. The zero-order valence-corrected chi connectivity index (χ0v) is 17.2. The Kier molecular flexibility index (Phi) is 7.43. The standard InChI is InChI=1S/C19H21N3O6S/c1-5-28-16-10-12(14(22(25)26)11-15(16)27-4)18(23)20-13-8-6-7-9-17(13)29-19(24)21(2)3/h6-11H,5H2,1-4H3,(H,20,23). The van der Waals surface area contributed by atoms with Crippen molar-refractivity contribution in [3.63, 3.8) is 0 Å². The van der Waals surface area contributed by atoms with Crippen molar-refractivity contribution in [3.8, 4) is 11.5 Å². The molecule has 0 fully saturated rings. The van der Waals surface area contributed by atoms with Crippen molar-refractivity contribution in [1.82, 2.24) is 4.90 Å². The van der Waals surface area contributed by atoms with E-state index in [0.717, 1.165) is 17.8 Å². The molecule has 0 bridgehead atoms. The van der Waals surface area contributed by atoms with Crippen molar-refractivity contribution in [2.24, 2.45) is 0 Å². The molecular formula is C19H21N3O6S. The highest BCUT2D eigenvalue weighted by atomic mass is 32.2. The number of nitro groups is 1. The second kappa shape index (κ2) is 9.78. The lowest BCUT2D eigenvalue weighted by atomic mass is 10.1. The Balaban J connectivity index is 2.42. The van der Waals surface area contributed by atoms with Gasteiger partial charge in [-0.1, -0.05) is 12.1 Å². The number of para-hydroxylation sites is 1. The van der Waals surface area contributed by atoms with Crippen LogP contribution in [0.15, 0.2) is 41.3 Å². The van der Waals surface area contributed by atoms with Gasteiger partial charge in [-0.25, -0.2) is 0 Å². The third kappa shape index (κ3) is 5.38. The van der Waals surface area contributed by atoms with Crippen molar-refractivity contribution in [2.75, 3.05) is 33.1 Å². The van der Waals surface area contributed by atoms with Gasteiger partial charge >= 0.3 is 0 Å². The first kappa shape index (κ1) is 22.0. The van der Waals surface area contributed by atoms with Gasteiger partial charge < -0.3 is 19.7 Å². The van der Waals surface area contributed by atoms with Crippen LogP contribution in [0.4, 0.5) is 16.2 Å². The predicted octanol–water partition coefficient (Wildman–Crippen LogP) is 4.03. The molecule has 2 aromatic carbocycles. The summed E-state index contributed by atoms with van der Waals surface area (Å²) in [6.07, 6.45) is 0. The van der Waals surface area contributed by atoms with E-state index in [1.807, 2.05) is 0 Å². The van der Waals surface area contributed by atoms with Crippen molar-refractivity contribution < 1.29 is 24.0 Å². The van der Waals surface area contributed by atoms with Crippen LogP contribution in [0.1, 0.15) is 17.3 Å². The summed E-state index contributed by atoms with van der Waals surface area (Å²) in [5.41, 5.74) is -0.240. The van der Waals surface area contributed by atoms with Gasteiger partial charge in [0.05, 0.1) is 30.4 Å². The highest BCUT2D eigenvalue weighted by Gasteiger charge is 2.25. The number of carbonyl (C=O) groups excluding carboxylic acids is 2. The second-order valence-corrected chi connectivity index (χ2v) is 6.92. The number of ether oxygens (including phenoxy) is 2. The number of rotatable bonds is 7. The number of nitrogens with zero attached hydrogens (tertiary/aromatic N) is 2. The predicted molar refractivity (Wildman–Crippen MR) is 110 cm³/mol. The van der Waals surface area contributed by atoms with E-state index < -0.39 is 16.5 Å². The molecule has 0 atom stereocenters. The van der Waals surface area contributed by atoms with E-state index in [4.69, 9.17) is 9.47 Å². The first-order valence-corrected chi connectivity index (χ1v) is 9.38. The number of carbonyl (C=O) groups is 2. The number of hydrogen-bond donors (Lipinski definition) is 1. The summed E-state index contributed by atoms with van der Waals surface area (Å²) < 4.78 is 10.5. The van der Waals surface area contributed by atoms with Crippen LogP contribution in [0.25, 0.3) is 0 Å². The van der Waals surface area contributed by atoms with Gasteiger partial charge in [-0.15, -0.1) is 0 Å². The van der Waals surface area contributed by atoms with E-state index in [9.17, 15) is 19.7 Å². The Morgan fingerprint density at radius 2 is 1.90 bits per heavy atom. The normalized spacial score (nSPS) is 10.2. The molecule has 0 spiro atoms. The summed E-state index contributed by atoms with van der Waals surface area (Å²) in [5, 5.41) is 13.9. The molecule has 10 heteroatoms. The van der Waals surface area contributed by atoms with Crippen LogP contribution in [-0.4, -0.2) is 48.8 Å². The van der Waals surface area contributed by atoms with Crippen molar-refractivity contribution in [1.29, 1.82) is 0 Å². The highest BCUT2D eigenvalue weighted by Crippen LogP contribution is 2.36. The van der Waals surface area contributed by atoms with Crippen LogP contribution in [0, 0.1) is 10.1 Å². The molecule has 2 amide bonds. The number of anilines is 1. The molecule has 2 rings (SSSR count). The molecule has 0 radical (unpaired) electrons. The lowest BCUT2D eigenvalue weighted by Crippen LogP contribution is -2.17. The monoisotopic (exact) mass is 419 g/mol. The Morgan fingerprint density at radius 3 is 2.48 bits per heavy atom. The molecule has 0 aliphatic heterocycles. The fourth-order valence-corrected chi connectivity index (χ4v) is 3.09. The van der Waals surface area contributed by atoms with Gasteiger partial charge in [0.25, 0.3) is 16.8 Å². The topological polar surface area (TPSA) is 111 Å². The van der Waals surface area contributed by atoms with Crippen LogP contribution >= 0.6 is 11.8 Å². The molecule has 0 aromatic heterocycles. The average Bonchev–Trinajstić information content (AvgIpc) is 2.69. The molecule has 0 aliphatic carbocycles. The number of amides is 2. The quantitative estimate of drug-likeness (QED) is 0.410. The van der Waals surface area contributed by atoms with Crippen LogP contribution in [0.5, 0.6) is 11.5 Å². The fourth-order valence-electron chi connectivity index (χ4n) is 2.34. The fraction of sp³-hybridized carbons (Fsp3) is 0.263. The minimum atomic E-state index is -0.703. The van der Waals surface area contributed by atoms with Crippen LogP contribution < -0.4 is 14.8 Å². The zero-order valence-electron chi connectivity index (χ0n) is 16.4. The largest absolute Gasteiger partial charge is 0.493 e. The van der Waals surface area contributed by atoms with Crippen molar-refractivity contribution in [3.05, 3.63) is 52.1 Å². The maximum absolute atomic E-state index is 12.9. The third-order valence-corrected chi connectivity index (χ3v) is 4.84. The van der Waals surface area contributed by atoms with Gasteiger partial charge in [-0.3, -0.25) is 19.7 Å². The molecule has 0 unspecified atom stereocenters. The number of benzene rings is 2. The van der Waals surface area contributed by atoms with Gasteiger partial charge in [0.15, 0.2) is 11.5 Å². The van der Waals surface area contributed by atoms with Crippen LogP contribution in [-0.2, 0) is 0 Å². The minimum Gasteiger partial charge on any atom is -0.493 e. The van der Waals surface area contributed by atoms with Gasteiger partial charge in [0.1, 0.15) is 5.56 Å². The zero-order chi connectivity index (χ0) is 21.6. The maximum atomic E-state index is 12.9. The van der Waals surface area contributed by atoms with E-state index >= 15 is 0 Å². The highest BCUT2D eigenvalue weighted by molar-refractivity contribution is 8.13. The van der Waals surface area contributed by atoms with Crippen LogP contribution in [0.2, 0.25) is 0 Å². The Morgan fingerprint density at radius 1 is 1.21 bits per heavy atom. The smallest absolute Gasteiger partial charge is 0.286 e. The van der Waals surface area contributed by atoms with Gasteiger partial charge in [-0.2, -0.15) is 0 Å². The molecule has 9 nitrogen and oxygen atoms in total. The average molecular weight is 419 g/mol. The number of nitro benzene ring substituents is 1. The lowest BCUT2D eigenvalue weighted by Gasteiger charge is -2.14. The lowest BCUT2D eigenvalue weighted by molar-refractivity contribution is -0.385. The van der Waals surface area contributed by atoms with Gasteiger partial charge in [-0.05, 0) is 30.8 Å². The van der Waals surface area contributed by atoms with Crippen molar-refractivity contribution in [2.45, 2.75) is 11.8 Å². The number of methoxy groups -OCH3 is 1. The number of nitrogens with one attached hydrogen (secondary N) is 1.